The molecule has 1 rings (SSSR count). The molecule has 0 aromatic heterocycles. The first-order chi connectivity index (χ1) is 9.70. The summed E-state index contributed by atoms with van der Waals surface area (Å²) < 4.78 is 10.5. The molecule has 21 heavy (non-hydrogen) atoms. The lowest BCUT2D eigenvalue weighted by Crippen LogP contribution is -2.27. The molecule has 1 atom stereocenters. The standard InChI is InChI=1S/C17H24O4/c1-10(2)20-16(18)14-8-12(5)7-13(6)9-15(14)17(19)21-11(3)4/h7-11,14H,1-6H3. The minimum atomic E-state index is -0.729. The normalized spacial score (nSPS) is 18.7. The van der Waals surface area contributed by atoms with E-state index in [9.17, 15) is 9.59 Å². The number of carbonyl (C=O) groups excluding carboxylic acids is 2. The predicted octanol–water partition coefficient (Wildman–Crippen LogP) is 3.34. The van der Waals surface area contributed by atoms with Crippen molar-refractivity contribution >= 4 is 11.9 Å². The minimum absolute atomic E-state index is 0.231. The van der Waals surface area contributed by atoms with Gasteiger partial charge in [-0.15, -0.1) is 0 Å². The molecule has 0 heterocycles. The van der Waals surface area contributed by atoms with Gasteiger partial charge in [0, 0.05) is 0 Å². The molecule has 0 aromatic carbocycles. The number of ether oxygens (including phenoxy) is 2. The molecular weight excluding hydrogens is 268 g/mol. The maximum atomic E-state index is 12.3. The lowest BCUT2D eigenvalue weighted by molar-refractivity contribution is -0.153. The van der Waals surface area contributed by atoms with Crippen molar-refractivity contribution in [3.8, 4) is 0 Å². The van der Waals surface area contributed by atoms with Crippen LogP contribution in [-0.4, -0.2) is 24.1 Å². The van der Waals surface area contributed by atoms with E-state index in [-0.39, 0.29) is 12.2 Å². The number of allylic oxidation sites excluding steroid dienone is 4. The Morgan fingerprint density at radius 1 is 0.952 bits per heavy atom. The molecule has 0 N–H and O–H groups in total. The van der Waals surface area contributed by atoms with Crippen LogP contribution in [0.1, 0.15) is 41.5 Å². The second-order valence-corrected chi connectivity index (χ2v) is 5.82. The second-order valence-electron chi connectivity index (χ2n) is 5.82. The van der Waals surface area contributed by atoms with E-state index in [0.717, 1.165) is 11.1 Å². The van der Waals surface area contributed by atoms with Gasteiger partial charge in [0.1, 0.15) is 5.92 Å². The van der Waals surface area contributed by atoms with Crippen molar-refractivity contribution in [3.63, 3.8) is 0 Å². The van der Waals surface area contributed by atoms with Gasteiger partial charge in [0.2, 0.25) is 0 Å². The lowest BCUT2D eigenvalue weighted by Gasteiger charge is -2.18. The highest BCUT2D eigenvalue weighted by molar-refractivity contribution is 5.97. The average molecular weight is 292 g/mol. The Labute approximate surface area is 126 Å². The Bertz CT molecular complexity index is 507. The lowest BCUT2D eigenvalue weighted by atomic mass is 9.97. The van der Waals surface area contributed by atoms with E-state index in [2.05, 4.69) is 0 Å². The fourth-order valence-electron chi connectivity index (χ4n) is 2.11. The summed E-state index contributed by atoms with van der Waals surface area (Å²) in [5.74, 6) is -1.64. The summed E-state index contributed by atoms with van der Waals surface area (Å²) in [7, 11) is 0. The Morgan fingerprint density at radius 2 is 1.52 bits per heavy atom. The zero-order chi connectivity index (χ0) is 16.2. The maximum Gasteiger partial charge on any atom is 0.335 e. The van der Waals surface area contributed by atoms with Crippen molar-refractivity contribution in [2.45, 2.75) is 53.8 Å². The Balaban J connectivity index is 3.15. The van der Waals surface area contributed by atoms with Gasteiger partial charge in [-0.05, 0) is 47.6 Å². The fourth-order valence-corrected chi connectivity index (χ4v) is 2.11. The molecule has 1 aliphatic rings. The van der Waals surface area contributed by atoms with Crippen molar-refractivity contribution in [3.05, 3.63) is 34.9 Å². The highest BCUT2D eigenvalue weighted by atomic mass is 16.5. The van der Waals surface area contributed by atoms with Crippen LogP contribution < -0.4 is 0 Å². The molecule has 0 saturated heterocycles. The first kappa shape index (κ1) is 17.2. The first-order valence-corrected chi connectivity index (χ1v) is 7.20. The van der Waals surface area contributed by atoms with Crippen molar-refractivity contribution < 1.29 is 19.1 Å². The van der Waals surface area contributed by atoms with Crippen LogP contribution in [0.4, 0.5) is 0 Å². The van der Waals surface area contributed by atoms with E-state index in [1.807, 2.05) is 19.9 Å². The molecule has 0 radical (unpaired) electrons. The van der Waals surface area contributed by atoms with Crippen LogP contribution in [0.3, 0.4) is 0 Å². The van der Waals surface area contributed by atoms with Gasteiger partial charge in [-0.3, -0.25) is 4.79 Å². The zero-order valence-corrected chi connectivity index (χ0v) is 13.6. The smallest absolute Gasteiger partial charge is 0.335 e. The molecule has 0 saturated carbocycles. The molecule has 1 aliphatic carbocycles. The second kappa shape index (κ2) is 7.25. The van der Waals surface area contributed by atoms with Gasteiger partial charge in [-0.25, -0.2) is 4.79 Å². The van der Waals surface area contributed by atoms with Gasteiger partial charge in [-0.1, -0.05) is 23.3 Å². The predicted molar refractivity (Wildman–Crippen MR) is 81.5 cm³/mol. The van der Waals surface area contributed by atoms with Crippen LogP contribution in [0.25, 0.3) is 0 Å². The fraction of sp³-hybridized carbons (Fsp3) is 0.529. The van der Waals surface area contributed by atoms with Crippen molar-refractivity contribution in [1.82, 2.24) is 0 Å². The maximum absolute atomic E-state index is 12.3. The van der Waals surface area contributed by atoms with Crippen LogP contribution in [0.2, 0.25) is 0 Å². The summed E-state index contributed by atoms with van der Waals surface area (Å²) in [6.07, 6.45) is 4.90. The number of esters is 2. The minimum Gasteiger partial charge on any atom is -0.462 e. The van der Waals surface area contributed by atoms with E-state index in [0.29, 0.717) is 5.57 Å². The van der Waals surface area contributed by atoms with Crippen LogP contribution >= 0.6 is 0 Å². The third-order valence-electron chi connectivity index (χ3n) is 2.79. The first-order valence-electron chi connectivity index (χ1n) is 7.20. The quantitative estimate of drug-likeness (QED) is 0.746. The summed E-state index contributed by atoms with van der Waals surface area (Å²) in [6, 6.07) is 0. The van der Waals surface area contributed by atoms with E-state index in [1.165, 1.54) is 0 Å². The van der Waals surface area contributed by atoms with Crippen LogP contribution in [0.15, 0.2) is 34.9 Å². The van der Waals surface area contributed by atoms with E-state index < -0.39 is 17.9 Å². The monoisotopic (exact) mass is 292 g/mol. The molecule has 0 fully saturated rings. The molecule has 4 nitrogen and oxygen atoms in total. The van der Waals surface area contributed by atoms with Crippen LogP contribution in [0.5, 0.6) is 0 Å². The highest BCUT2D eigenvalue weighted by Crippen LogP contribution is 2.25. The van der Waals surface area contributed by atoms with E-state index >= 15 is 0 Å². The number of carbonyl (C=O) groups is 2. The molecule has 0 spiro atoms. The molecule has 0 amide bonds. The number of rotatable bonds is 4. The Kier molecular flexibility index (Phi) is 5.94. The van der Waals surface area contributed by atoms with Gasteiger partial charge in [0.15, 0.2) is 0 Å². The average Bonchev–Trinajstić information content (AvgIpc) is 2.45. The third kappa shape index (κ3) is 5.21. The number of hydrogen-bond donors (Lipinski definition) is 0. The summed E-state index contributed by atoms with van der Waals surface area (Å²) in [5.41, 5.74) is 2.14. The van der Waals surface area contributed by atoms with Crippen molar-refractivity contribution in [2.75, 3.05) is 0 Å². The molecule has 116 valence electrons. The van der Waals surface area contributed by atoms with Crippen molar-refractivity contribution in [1.29, 1.82) is 0 Å². The highest BCUT2D eigenvalue weighted by Gasteiger charge is 2.30. The SMILES string of the molecule is CC1=CC(C)=CC(C(=O)OC(C)C)C(C(=O)OC(C)C)=C1. The van der Waals surface area contributed by atoms with Crippen LogP contribution in [-0.2, 0) is 19.1 Å². The number of hydrogen-bond acceptors (Lipinski definition) is 4. The molecule has 4 heteroatoms. The Morgan fingerprint density at radius 3 is 2.05 bits per heavy atom. The van der Waals surface area contributed by atoms with Gasteiger partial charge in [0.05, 0.1) is 17.8 Å². The Hall–Kier alpha value is -1.84. The molecule has 0 aromatic rings. The van der Waals surface area contributed by atoms with E-state index in [1.54, 1.807) is 39.8 Å². The third-order valence-corrected chi connectivity index (χ3v) is 2.79. The molecule has 0 bridgehead atoms. The molecule has 0 aliphatic heterocycles. The van der Waals surface area contributed by atoms with Crippen LogP contribution in [0, 0.1) is 5.92 Å². The molecular formula is C17H24O4. The summed E-state index contributed by atoms with van der Waals surface area (Å²) in [6.45, 7) is 10.9. The topological polar surface area (TPSA) is 52.6 Å². The molecule has 1 unspecified atom stereocenters. The van der Waals surface area contributed by atoms with E-state index in [4.69, 9.17) is 9.47 Å². The van der Waals surface area contributed by atoms with Gasteiger partial charge in [-0.2, -0.15) is 0 Å². The van der Waals surface area contributed by atoms with Gasteiger partial charge >= 0.3 is 11.9 Å². The largest absolute Gasteiger partial charge is 0.462 e. The summed E-state index contributed by atoms with van der Waals surface area (Å²) in [4.78, 5) is 24.5. The summed E-state index contributed by atoms with van der Waals surface area (Å²) >= 11 is 0. The zero-order valence-electron chi connectivity index (χ0n) is 13.6. The van der Waals surface area contributed by atoms with Gasteiger partial charge in [0.25, 0.3) is 0 Å². The summed E-state index contributed by atoms with van der Waals surface area (Å²) in [5, 5.41) is 0. The van der Waals surface area contributed by atoms with Crippen molar-refractivity contribution in [2.24, 2.45) is 5.92 Å². The van der Waals surface area contributed by atoms with Gasteiger partial charge < -0.3 is 9.47 Å².